The first-order valence-electron chi connectivity index (χ1n) is 9.09. The van der Waals surface area contributed by atoms with Crippen LogP contribution in [0.1, 0.15) is 71.6 Å². The van der Waals surface area contributed by atoms with E-state index in [0.717, 1.165) is 5.92 Å². The minimum absolute atomic E-state index is 0.0389. The largest absolute Gasteiger partial charge is 0.341 e. The molecule has 0 spiro atoms. The Morgan fingerprint density at radius 3 is 2.05 bits per heavy atom. The molecule has 0 N–H and O–H groups in total. The maximum atomic E-state index is 5.96. The lowest BCUT2D eigenvalue weighted by atomic mass is 9.77. The van der Waals surface area contributed by atoms with Crippen molar-refractivity contribution < 1.29 is 14.2 Å². The first-order valence-corrected chi connectivity index (χ1v) is 9.09. The van der Waals surface area contributed by atoms with E-state index in [9.17, 15) is 0 Å². The van der Waals surface area contributed by atoms with Crippen molar-refractivity contribution in [2.45, 2.75) is 96.4 Å². The molecule has 3 saturated heterocycles. The molecule has 21 heavy (non-hydrogen) atoms. The molecule has 3 heterocycles. The van der Waals surface area contributed by atoms with E-state index in [0.29, 0.717) is 23.5 Å². The van der Waals surface area contributed by atoms with Crippen LogP contribution in [-0.2, 0) is 14.2 Å². The Hall–Kier alpha value is -0.120. The highest BCUT2D eigenvalue weighted by Gasteiger charge is 2.55. The highest BCUT2D eigenvalue weighted by molar-refractivity contribution is 4.94. The summed E-state index contributed by atoms with van der Waals surface area (Å²) in [5.41, 5.74) is 0.494. The number of ether oxygens (including phenoxy) is 3. The quantitative estimate of drug-likeness (QED) is 0.626. The molecule has 120 valence electrons. The fourth-order valence-corrected chi connectivity index (χ4v) is 4.50. The summed E-state index contributed by atoms with van der Waals surface area (Å²) in [5, 5.41) is 0. The average molecular weight is 294 g/mol. The van der Waals surface area contributed by atoms with Gasteiger partial charge in [0.1, 0.15) is 12.2 Å². The van der Waals surface area contributed by atoms with Gasteiger partial charge in [0.25, 0.3) is 0 Å². The Balaban J connectivity index is 1.47. The van der Waals surface area contributed by atoms with E-state index in [-0.39, 0.29) is 12.6 Å². The predicted octanol–water partition coefficient (Wildman–Crippen LogP) is 4.25. The number of rotatable bonds is 0. The van der Waals surface area contributed by atoms with Gasteiger partial charge in [-0.1, -0.05) is 33.1 Å². The van der Waals surface area contributed by atoms with E-state index >= 15 is 0 Å². The van der Waals surface area contributed by atoms with Gasteiger partial charge in [0.05, 0.1) is 0 Å². The van der Waals surface area contributed by atoms with Crippen LogP contribution in [-0.4, -0.2) is 24.8 Å². The molecule has 1 aliphatic carbocycles. The highest BCUT2D eigenvalue weighted by Crippen LogP contribution is 2.47. The van der Waals surface area contributed by atoms with Crippen LogP contribution in [0, 0.1) is 17.3 Å². The monoisotopic (exact) mass is 294 g/mol. The third kappa shape index (κ3) is 3.30. The van der Waals surface area contributed by atoms with Gasteiger partial charge in [-0.25, -0.2) is 0 Å². The first-order chi connectivity index (χ1) is 10.1. The van der Waals surface area contributed by atoms with E-state index in [2.05, 4.69) is 13.8 Å². The zero-order valence-corrected chi connectivity index (χ0v) is 13.6. The molecule has 4 rings (SSSR count). The van der Waals surface area contributed by atoms with Gasteiger partial charge >= 0.3 is 0 Å². The normalized spacial score (nSPS) is 49.4. The Morgan fingerprint density at radius 1 is 0.667 bits per heavy atom. The van der Waals surface area contributed by atoms with Crippen molar-refractivity contribution in [3.63, 3.8) is 0 Å². The average Bonchev–Trinajstić information content (AvgIpc) is 3.33. The van der Waals surface area contributed by atoms with Crippen LogP contribution < -0.4 is 0 Å². The smallest absolute Gasteiger partial charge is 0.187 e. The van der Waals surface area contributed by atoms with Crippen molar-refractivity contribution in [2.75, 3.05) is 0 Å². The van der Waals surface area contributed by atoms with E-state index in [4.69, 9.17) is 14.2 Å². The van der Waals surface area contributed by atoms with Gasteiger partial charge in [0.2, 0.25) is 0 Å². The molecule has 2 bridgehead atoms. The number of epoxide rings is 2. The van der Waals surface area contributed by atoms with Gasteiger partial charge < -0.3 is 14.2 Å². The molecule has 0 amide bonds. The Kier molecular flexibility index (Phi) is 3.79. The molecule has 3 aliphatic heterocycles. The van der Waals surface area contributed by atoms with Crippen LogP contribution >= 0.6 is 0 Å². The maximum Gasteiger partial charge on any atom is 0.187 e. The second kappa shape index (κ2) is 5.50. The third-order valence-electron chi connectivity index (χ3n) is 6.19. The van der Waals surface area contributed by atoms with Gasteiger partial charge in [-0.15, -0.1) is 0 Å². The Morgan fingerprint density at radius 2 is 1.33 bits per heavy atom. The number of hydrogen-bond donors (Lipinski definition) is 0. The molecule has 0 aromatic rings. The van der Waals surface area contributed by atoms with Crippen molar-refractivity contribution in [3.05, 3.63) is 0 Å². The SMILES string of the molecule is CC1(C)CCCCCC2CCC(CC1)C1OC1OC1OC21. The molecule has 1 saturated carbocycles. The van der Waals surface area contributed by atoms with Crippen molar-refractivity contribution in [2.24, 2.45) is 17.3 Å². The van der Waals surface area contributed by atoms with Crippen molar-refractivity contribution >= 4 is 0 Å². The number of fused-ring (bicyclic) bond motifs is 7. The molecule has 4 fully saturated rings. The Bertz CT molecular complexity index is 381. The summed E-state index contributed by atoms with van der Waals surface area (Å²) in [6.07, 6.45) is 12.9. The van der Waals surface area contributed by atoms with Crippen LogP contribution in [0.4, 0.5) is 0 Å². The van der Waals surface area contributed by atoms with E-state index in [1.165, 1.54) is 57.8 Å². The van der Waals surface area contributed by atoms with Gasteiger partial charge in [-0.3, -0.25) is 0 Å². The van der Waals surface area contributed by atoms with Crippen LogP contribution in [0.5, 0.6) is 0 Å². The van der Waals surface area contributed by atoms with Crippen LogP contribution in [0.25, 0.3) is 0 Å². The van der Waals surface area contributed by atoms with E-state index in [1.54, 1.807) is 0 Å². The second-order valence-corrected chi connectivity index (χ2v) is 8.47. The topological polar surface area (TPSA) is 34.3 Å². The molecular formula is C18H30O3. The lowest BCUT2D eigenvalue weighted by Crippen LogP contribution is -2.19. The number of hydrogen-bond acceptors (Lipinski definition) is 3. The summed E-state index contributed by atoms with van der Waals surface area (Å²) in [5.74, 6) is 1.43. The third-order valence-corrected chi connectivity index (χ3v) is 6.19. The summed E-state index contributed by atoms with van der Waals surface area (Å²) in [4.78, 5) is 0. The van der Waals surface area contributed by atoms with Crippen molar-refractivity contribution in [3.8, 4) is 0 Å². The van der Waals surface area contributed by atoms with Crippen LogP contribution in [0.3, 0.4) is 0 Å². The van der Waals surface area contributed by atoms with Gasteiger partial charge in [0.15, 0.2) is 12.6 Å². The highest BCUT2D eigenvalue weighted by atomic mass is 16.9. The van der Waals surface area contributed by atoms with E-state index < -0.39 is 0 Å². The zero-order valence-electron chi connectivity index (χ0n) is 13.6. The molecule has 3 nitrogen and oxygen atoms in total. The molecular weight excluding hydrogens is 264 g/mol. The van der Waals surface area contributed by atoms with Gasteiger partial charge in [0, 0.05) is 0 Å². The lowest BCUT2D eigenvalue weighted by Gasteiger charge is -2.28. The summed E-state index contributed by atoms with van der Waals surface area (Å²) in [6, 6.07) is 0. The van der Waals surface area contributed by atoms with Crippen molar-refractivity contribution in [1.82, 2.24) is 0 Å². The molecule has 0 aromatic carbocycles. The fourth-order valence-electron chi connectivity index (χ4n) is 4.50. The van der Waals surface area contributed by atoms with Gasteiger partial charge in [-0.05, 0) is 55.8 Å². The maximum absolute atomic E-state index is 5.96. The summed E-state index contributed by atoms with van der Waals surface area (Å²) < 4.78 is 17.5. The summed E-state index contributed by atoms with van der Waals surface area (Å²) in [7, 11) is 0. The standard InChI is InChI=1S/C18H30O3/c1-18(2)10-5-3-4-6-12-7-8-13(9-11-18)15-17(20-15)21-16-14(12)19-16/h12-17H,3-11H2,1-2H3. The first kappa shape index (κ1) is 14.5. The van der Waals surface area contributed by atoms with E-state index in [1.807, 2.05) is 0 Å². The molecule has 6 unspecified atom stereocenters. The predicted molar refractivity (Wildman–Crippen MR) is 80.7 cm³/mol. The fraction of sp³-hybridized carbons (Fsp3) is 1.00. The minimum atomic E-state index is 0.0389. The Labute approximate surface area is 128 Å². The van der Waals surface area contributed by atoms with Crippen molar-refractivity contribution in [1.29, 1.82) is 0 Å². The minimum Gasteiger partial charge on any atom is -0.341 e. The zero-order chi connectivity index (χ0) is 14.4. The lowest BCUT2D eigenvalue weighted by molar-refractivity contribution is -0.0105. The molecule has 4 aliphatic rings. The van der Waals surface area contributed by atoms with Crippen LogP contribution in [0.15, 0.2) is 0 Å². The molecule has 0 aromatic heterocycles. The summed E-state index contributed by atoms with van der Waals surface area (Å²) >= 11 is 0. The summed E-state index contributed by atoms with van der Waals surface area (Å²) in [6.45, 7) is 4.89. The molecule has 3 heteroatoms. The molecule has 6 atom stereocenters. The van der Waals surface area contributed by atoms with Crippen LogP contribution in [0.2, 0.25) is 0 Å². The van der Waals surface area contributed by atoms with Gasteiger partial charge in [-0.2, -0.15) is 0 Å². The molecule has 0 radical (unpaired) electrons. The second-order valence-electron chi connectivity index (χ2n) is 8.47.